The molecule has 0 bridgehead atoms. The summed E-state index contributed by atoms with van der Waals surface area (Å²) in [7, 11) is 0. The van der Waals surface area contributed by atoms with Crippen LogP contribution in [0, 0.1) is 17.2 Å². The molecule has 1 aliphatic rings. The molecule has 2 aromatic rings. The first kappa shape index (κ1) is 14.8. The zero-order valence-electron chi connectivity index (χ0n) is 12.9. The highest BCUT2D eigenvalue weighted by Gasteiger charge is 2.18. The molecule has 0 aliphatic carbocycles. The van der Waals surface area contributed by atoms with Crippen LogP contribution in [0.4, 0.5) is 0 Å². The van der Waals surface area contributed by atoms with Crippen molar-refractivity contribution in [3.8, 4) is 17.2 Å². The molecule has 1 fully saturated rings. The van der Waals surface area contributed by atoms with Crippen LogP contribution in [0.1, 0.15) is 24.8 Å². The van der Waals surface area contributed by atoms with E-state index in [9.17, 15) is 0 Å². The SMILES string of the molecule is N#CCC1CCN(Cc2ccc(-c3ccccc3)cc2)CC1. The summed E-state index contributed by atoms with van der Waals surface area (Å²) in [6.45, 7) is 3.26. The Morgan fingerprint density at radius 2 is 1.55 bits per heavy atom. The van der Waals surface area contributed by atoms with Crippen LogP contribution >= 0.6 is 0 Å². The molecule has 1 saturated heterocycles. The smallest absolute Gasteiger partial charge is 0.0624 e. The molecular weight excluding hydrogens is 268 g/mol. The van der Waals surface area contributed by atoms with Crippen molar-refractivity contribution >= 4 is 0 Å². The standard InChI is InChI=1S/C20H22N2/c21-13-10-17-11-14-22(15-12-17)16-18-6-8-20(9-7-18)19-4-2-1-3-5-19/h1-9,17H,10-12,14-16H2. The summed E-state index contributed by atoms with van der Waals surface area (Å²) in [5, 5.41) is 8.78. The van der Waals surface area contributed by atoms with Crippen LogP contribution in [0.5, 0.6) is 0 Å². The Labute approximate surface area is 133 Å². The molecule has 22 heavy (non-hydrogen) atoms. The van der Waals surface area contributed by atoms with Gasteiger partial charge in [-0.3, -0.25) is 4.90 Å². The molecule has 0 saturated carbocycles. The van der Waals surface area contributed by atoms with E-state index in [-0.39, 0.29) is 0 Å². The first-order chi connectivity index (χ1) is 10.8. The van der Waals surface area contributed by atoms with Crippen LogP contribution in [0.15, 0.2) is 54.6 Å². The third kappa shape index (κ3) is 3.75. The Kier molecular flexibility index (Phi) is 4.88. The molecule has 2 heteroatoms. The van der Waals surface area contributed by atoms with Crippen molar-refractivity contribution in [3.05, 3.63) is 60.2 Å². The lowest BCUT2D eigenvalue weighted by Crippen LogP contribution is -2.33. The predicted octanol–water partition coefficient (Wildman–Crippen LogP) is 4.48. The van der Waals surface area contributed by atoms with E-state index in [2.05, 4.69) is 59.5 Å². The van der Waals surface area contributed by atoms with Gasteiger partial charge in [0.25, 0.3) is 0 Å². The number of likely N-dealkylation sites (tertiary alicyclic amines) is 1. The maximum atomic E-state index is 8.78. The molecule has 0 atom stereocenters. The highest BCUT2D eigenvalue weighted by molar-refractivity contribution is 5.63. The second kappa shape index (κ2) is 7.24. The third-order valence-corrected chi connectivity index (χ3v) is 4.55. The monoisotopic (exact) mass is 290 g/mol. The average Bonchev–Trinajstić information content (AvgIpc) is 2.58. The number of benzene rings is 2. The van der Waals surface area contributed by atoms with Crippen LogP contribution in [0.2, 0.25) is 0 Å². The summed E-state index contributed by atoms with van der Waals surface area (Å²) in [6, 6.07) is 21.7. The van der Waals surface area contributed by atoms with Crippen molar-refractivity contribution < 1.29 is 0 Å². The summed E-state index contributed by atoms with van der Waals surface area (Å²) in [4.78, 5) is 2.51. The molecule has 0 spiro atoms. The highest BCUT2D eigenvalue weighted by Crippen LogP contribution is 2.23. The van der Waals surface area contributed by atoms with Crippen LogP contribution in [-0.4, -0.2) is 18.0 Å². The molecule has 1 heterocycles. The molecule has 1 aliphatic heterocycles. The Morgan fingerprint density at radius 3 is 2.18 bits per heavy atom. The fourth-order valence-corrected chi connectivity index (χ4v) is 3.17. The Morgan fingerprint density at radius 1 is 0.909 bits per heavy atom. The third-order valence-electron chi connectivity index (χ3n) is 4.55. The van der Waals surface area contributed by atoms with Crippen LogP contribution in [-0.2, 0) is 6.54 Å². The highest BCUT2D eigenvalue weighted by atomic mass is 15.1. The van der Waals surface area contributed by atoms with Gasteiger partial charge in [-0.05, 0) is 48.5 Å². The lowest BCUT2D eigenvalue weighted by Gasteiger charge is -2.30. The molecule has 0 radical (unpaired) electrons. The summed E-state index contributed by atoms with van der Waals surface area (Å²) >= 11 is 0. The first-order valence-corrected chi connectivity index (χ1v) is 8.09. The topological polar surface area (TPSA) is 27.0 Å². The van der Waals surface area contributed by atoms with Gasteiger partial charge in [0, 0.05) is 13.0 Å². The second-order valence-corrected chi connectivity index (χ2v) is 6.14. The number of piperidine rings is 1. The molecule has 112 valence electrons. The van der Waals surface area contributed by atoms with Crippen LogP contribution < -0.4 is 0 Å². The summed E-state index contributed by atoms with van der Waals surface area (Å²) in [5.74, 6) is 0.613. The van der Waals surface area contributed by atoms with E-state index in [4.69, 9.17) is 5.26 Å². The van der Waals surface area contributed by atoms with Crippen molar-refractivity contribution in [3.63, 3.8) is 0 Å². The van der Waals surface area contributed by atoms with E-state index in [1.165, 1.54) is 16.7 Å². The number of hydrogen-bond acceptors (Lipinski definition) is 2. The van der Waals surface area contributed by atoms with Crippen molar-refractivity contribution in [2.24, 2.45) is 5.92 Å². The quantitative estimate of drug-likeness (QED) is 0.830. The zero-order chi connectivity index (χ0) is 15.2. The van der Waals surface area contributed by atoms with Gasteiger partial charge in [0.05, 0.1) is 6.07 Å². The molecule has 0 unspecified atom stereocenters. The van der Waals surface area contributed by atoms with E-state index in [1.807, 2.05) is 6.07 Å². The average molecular weight is 290 g/mol. The van der Waals surface area contributed by atoms with Gasteiger partial charge < -0.3 is 0 Å². The molecule has 2 aromatic carbocycles. The van der Waals surface area contributed by atoms with E-state index >= 15 is 0 Å². The largest absolute Gasteiger partial charge is 0.299 e. The van der Waals surface area contributed by atoms with Crippen LogP contribution in [0.3, 0.4) is 0 Å². The minimum absolute atomic E-state index is 0.613. The Balaban J connectivity index is 1.57. The molecule has 3 rings (SSSR count). The lowest BCUT2D eigenvalue weighted by atomic mass is 9.94. The Hall–Kier alpha value is -2.11. The van der Waals surface area contributed by atoms with Gasteiger partial charge in [-0.1, -0.05) is 54.6 Å². The van der Waals surface area contributed by atoms with Crippen molar-refractivity contribution in [1.82, 2.24) is 4.90 Å². The molecule has 0 N–H and O–H groups in total. The van der Waals surface area contributed by atoms with Gasteiger partial charge in [0.15, 0.2) is 0 Å². The van der Waals surface area contributed by atoms with E-state index in [0.29, 0.717) is 5.92 Å². The molecule has 0 aromatic heterocycles. The molecular formula is C20H22N2. The maximum absolute atomic E-state index is 8.78. The van der Waals surface area contributed by atoms with Gasteiger partial charge >= 0.3 is 0 Å². The van der Waals surface area contributed by atoms with Crippen molar-refractivity contribution in [1.29, 1.82) is 5.26 Å². The van der Waals surface area contributed by atoms with Crippen molar-refractivity contribution in [2.45, 2.75) is 25.8 Å². The number of rotatable bonds is 4. The predicted molar refractivity (Wildman–Crippen MR) is 90.1 cm³/mol. The summed E-state index contributed by atoms with van der Waals surface area (Å²) in [5.41, 5.74) is 3.92. The number of nitrogens with zero attached hydrogens (tertiary/aromatic N) is 2. The first-order valence-electron chi connectivity index (χ1n) is 8.09. The second-order valence-electron chi connectivity index (χ2n) is 6.14. The van der Waals surface area contributed by atoms with E-state index < -0.39 is 0 Å². The lowest BCUT2D eigenvalue weighted by molar-refractivity contribution is 0.179. The Bertz CT molecular complexity index is 617. The fraction of sp³-hybridized carbons (Fsp3) is 0.350. The molecule has 0 amide bonds. The normalized spacial score (nSPS) is 16.3. The van der Waals surface area contributed by atoms with Gasteiger partial charge in [-0.15, -0.1) is 0 Å². The van der Waals surface area contributed by atoms with Gasteiger partial charge in [0.1, 0.15) is 0 Å². The summed E-state index contributed by atoms with van der Waals surface area (Å²) in [6.07, 6.45) is 3.05. The van der Waals surface area contributed by atoms with Crippen molar-refractivity contribution in [2.75, 3.05) is 13.1 Å². The van der Waals surface area contributed by atoms with E-state index in [1.54, 1.807) is 0 Å². The zero-order valence-corrected chi connectivity index (χ0v) is 12.9. The number of hydrogen-bond donors (Lipinski definition) is 0. The summed E-state index contributed by atoms with van der Waals surface area (Å²) < 4.78 is 0. The maximum Gasteiger partial charge on any atom is 0.0624 e. The van der Waals surface area contributed by atoms with Gasteiger partial charge in [-0.2, -0.15) is 5.26 Å². The van der Waals surface area contributed by atoms with Crippen LogP contribution in [0.25, 0.3) is 11.1 Å². The minimum atomic E-state index is 0.613. The minimum Gasteiger partial charge on any atom is -0.299 e. The molecule has 2 nitrogen and oxygen atoms in total. The van der Waals surface area contributed by atoms with E-state index in [0.717, 1.165) is 38.9 Å². The number of nitriles is 1. The van der Waals surface area contributed by atoms with Gasteiger partial charge in [0.2, 0.25) is 0 Å². The fourth-order valence-electron chi connectivity index (χ4n) is 3.17. The van der Waals surface area contributed by atoms with Gasteiger partial charge in [-0.25, -0.2) is 0 Å².